The van der Waals surface area contributed by atoms with Gasteiger partial charge >= 0.3 is 0 Å². The molecule has 0 bridgehead atoms. The van der Waals surface area contributed by atoms with Crippen LogP contribution in [0.2, 0.25) is 0 Å². The molecule has 2 nitrogen and oxygen atoms in total. The van der Waals surface area contributed by atoms with E-state index >= 15 is 0 Å². The highest BCUT2D eigenvalue weighted by Crippen LogP contribution is 2.37. The van der Waals surface area contributed by atoms with E-state index in [2.05, 4.69) is 21.2 Å². The van der Waals surface area contributed by atoms with Crippen LogP contribution < -0.4 is 5.32 Å². The Morgan fingerprint density at radius 3 is 2.69 bits per heavy atom. The molecular weight excluding hydrogens is 266 g/mol. The minimum Gasteiger partial charge on any atom is -0.304 e. The Morgan fingerprint density at radius 2 is 2.06 bits per heavy atom. The zero-order valence-electron chi connectivity index (χ0n) is 9.42. The molecule has 0 heterocycles. The van der Waals surface area contributed by atoms with Crippen molar-refractivity contribution in [3.05, 3.63) is 34.3 Å². The van der Waals surface area contributed by atoms with Gasteiger partial charge in [0.1, 0.15) is 5.54 Å². The minimum absolute atomic E-state index is 0.313. The number of benzene rings is 1. The van der Waals surface area contributed by atoms with Gasteiger partial charge in [-0.3, -0.25) is 4.79 Å². The van der Waals surface area contributed by atoms with Crippen molar-refractivity contribution < 1.29 is 4.79 Å². The molecule has 0 aliphatic heterocycles. The molecule has 0 spiro atoms. The summed E-state index contributed by atoms with van der Waals surface area (Å²) in [6, 6.07) is 7.99. The third kappa shape index (κ3) is 1.82. The molecule has 1 fully saturated rings. The van der Waals surface area contributed by atoms with Crippen molar-refractivity contribution >= 4 is 21.7 Å². The number of hydrogen-bond donors (Lipinski definition) is 1. The average molecular weight is 282 g/mol. The van der Waals surface area contributed by atoms with Gasteiger partial charge in [-0.2, -0.15) is 0 Å². The van der Waals surface area contributed by atoms with Crippen LogP contribution in [0.5, 0.6) is 0 Å². The predicted molar refractivity (Wildman–Crippen MR) is 68.4 cm³/mol. The summed E-state index contributed by atoms with van der Waals surface area (Å²) in [6.07, 6.45) is 3.70. The number of carbonyl (C=O) groups is 1. The van der Waals surface area contributed by atoms with Gasteiger partial charge < -0.3 is 5.32 Å². The minimum atomic E-state index is -0.474. The average Bonchev–Trinajstić information content (AvgIpc) is 2.31. The fraction of sp³-hybridized carbons (Fsp3) is 0.462. The van der Waals surface area contributed by atoms with Crippen LogP contribution in [0.25, 0.3) is 0 Å². The molecule has 0 radical (unpaired) electrons. The van der Waals surface area contributed by atoms with Gasteiger partial charge in [0.2, 0.25) is 0 Å². The quantitative estimate of drug-likeness (QED) is 0.903. The highest BCUT2D eigenvalue weighted by atomic mass is 79.9. The van der Waals surface area contributed by atoms with Crippen LogP contribution in [0.4, 0.5) is 0 Å². The first-order valence-corrected chi connectivity index (χ1v) is 6.47. The van der Waals surface area contributed by atoms with E-state index in [0.717, 1.165) is 29.3 Å². The van der Waals surface area contributed by atoms with E-state index in [0.29, 0.717) is 12.2 Å². The maximum Gasteiger partial charge on any atom is 0.157 e. The highest BCUT2D eigenvalue weighted by molar-refractivity contribution is 9.10. The van der Waals surface area contributed by atoms with Crippen molar-refractivity contribution in [3.63, 3.8) is 0 Å². The van der Waals surface area contributed by atoms with Crippen molar-refractivity contribution in [1.29, 1.82) is 0 Å². The number of nitrogens with one attached hydrogen (secondary N) is 1. The fourth-order valence-corrected chi connectivity index (χ4v) is 3.14. The van der Waals surface area contributed by atoms with Gasteiger partial charge in [0.05, 0.1) is 0 Å². The Labute approximate surface area is 105 Å². The summed E-state index contributed by atoms with van der Waals surface area (Å²) in [5.41, 5.74) is 0.598. The molecule has 86 valence electrons. The van der Waals surface area contributed by atoms with Crippen LogP contribution in [0, 0.1) is 0 Å². The lowest BCUT2D eigenvalue weighted by Gasteiger charge is -2.36. The smallest absolute Gasteiger partial charge is 0.157 e. The second-order valence-corrected chi connectivity index (χ2v) is 5.12. The summed E-state index contributed by atoms with van der Waals surface area (Å²) in [7, 11) is 1.88. The van der Waals surface area contributed by atoms with Gasteiger partial charge in [0.15, 0.2) is 5.78 Å². The molecule has 1 aliphatic rings. The first-order chi connectivity index (χ1) is 7.70. The molecule has 1 saturated carbocycles. The molecule has 1 N–H and O–H groups in total. The molecule has 0 amide bonds. The van der Waals surface area contributed by atoms with E-state index in [1.807, 2.05) is 31.3 Å². The Kier molecular flexibility index (Phi) is 3.45. The molecule has 0 saturated heterocycles. The van der Waals surface area contributed by atoms with E-state index in [1.54, 1.807) is 0 Å². The Hall–Kier alpha value is -0.670. The molecule has 2 rings (SSSR count). The molecule has 1 aromatic carbocycles. The van der Waals surface area contributed by atoms with Crippen molar-refractivity contribution in [2.24, 2.45) is 0 Å². The maximum atomic E-state index is 12.2. The summed E-state index contributed by atoms with van der Waals surface area (Å²) < 4.78 is 1.01. The largest absolute Gasteiger partial charge is 0.304 e. The molecule has 16 heavy (non-hydrogen) atoms. The summed E-state index contributed by atoms with van der Waals surface area (Å²) >= 11 is 3.54. The molecule has 3 heteroatoms. The third-order valence-corrected chi connectivity index (χ3v) is 4.13. The topological polar surface area (TPSA) is 29.1 Å². The van der Waals surface area contributed by atoms with Gasteiger partial charge in [0, 0.05) is 10.9 Å². The van der Waals surface area contributed by atoms with E-state index in [4.69, 9.17) is 0 Å². The number of carbonyl (C=O) groups excluding carboxylic acids is 1. The molecule has 0 aromatic heterocycles. The van der Waals surface area contributed by atoms with Crippen molar-refractivity contribution in [3.8, 4) is 0 Å². The van der Waals surface area contributed by atoms with E-state index in [9.17, 15) is 4.79 Å². The monoisotopic (exact) mass is 281 g/mol. The van der Waals surface area contributed by atoms with Gasteiger partial charge in [-0.1, -0.05) is 40.5 Å². The van der Waals surface area contributed by atoms with Crippen LogP contribution in [0.15, 0.2) is 28.7 Å². The van der Waals surface area contributed by atoms with E-state index < -0.39 is 5.54 Å². The standard InChI is InChI=1S/C13H16BrNO/c1-15-13(9-5-4-8-12(13)16)10-6-2-3-7-11(10)14/h2-3,6-7,15H,4-5,8-9H2,1H3. The van der Waals surface area contributed by atoms with Crippen molar-refractivity contribution in [1.82, 2.24) is 5.32 Å². The number of rotatable bonds is 2. The molecule has 1 aliphatic carbocycles. The van der Waals surface area contributed by atoms with E-state index in [1.165, 1.54) is 0 Å². The molecular formula is C13H16BrNO. The Bertz CT molecular complexity index is 405. The van der Waals surface area contributed by atoms with Crippen molar-refractivity contribution in [2.75, 3.05) is 7.05 Å². The lowest BCUT2D eigenvalue weighted by Crippen LogP contribution is -2.49. The van der Waals surface area contributed by atoms with Crippen LogP contribution in [-0.4, -0.2) is 12.8 Å². The first kappa shape index (κ1) is 11.8. The van der Waals surface area contributed by atoms with Crippen LogP contribution in [0.1, 0.15) is 31.2 Å². The zero-order valence-corrected chi connectivity index (χ0v) is 11.0. The number of Topliss-reactive ketones (excluding diaryl/α,β-unsaturated/α-hetero) is 1. The molecule has 1 atom stereocenters. The van der Waals surface area contributed by atoms with Gasteiger partial charge in [-0.05, 0) is 31.5 Å². The van der Waals surface area contributed by atoms with Gasteiger partial charge in [-0.25, -0.2) is 0 Å². The van der Waals surface area contributed by atoms with Crippen LogP contribution in [-0.2, 0) is 10.3 Å². The number of ketones is 1. The lowest BCUT2D eigenvalue weighted by atomic mass is 9.75. The van der Waals surface area contributed by atoms with Crippen molar-refractivity contribution in [2.45, 2.75) is 31.2 Å². The number of halogens is 1. The summed E-state index contributed by atoms with van der Waals surface area (Å²) in [6.45, 7) is 0. The van der Waals surface area contributed by atoms with E-state index in [-0.39, 0.29) is 0 Å². The Morgan fingerprint density at radius 1 is 1.31 bits per heavy atom. The lowest BCUT2D eigenvalue weighted by molar-refractivity contribution is -0.127. The SMILES string of the molecule is CNC1(c2ccccc2Br)CCCCC1=O. The number of likely N-dealkylation sites (N-methyl/N-ethyl adjacent to an activating group) is 1. The Balaban J connectivity index is 2.48. The second-order valence-electron chi connectivity index (χ2n) is 4.27. The molecule has 1 unspecified atom stereocenters. The van der Waals surface area contributed by atoms with Crippen LogP contribution >= 0.6 is 15.9 Å². The maximum absolute atomic E-state index is 12.2. The first-order valence-electron chi connectivity index (χ1n) is 5.68. The fourth-order valence-electron chi connectivity index (χ4n) is 2.52. The summed E-state index contributed by atoms with van der Waals surface area (Å²) in [5, 5.41) is 3.24. The normalized spacial score (nSPS) is 25.8. The predicted octanol–water partition coefficient (Wildman–Crippen LogP) is 3.01. The highest BCUT2D eigenvalue weighted by Gasteiger charge is 2.40. The number of hydrogen-bond acceptors (Lipinski definition) is 2. The second kappa shape index (κ2) is 4.68. The summed E-state index contributed by atoms with van der Waals surface area (Å²) in [5.74, 6) is 0.313. The summed E-state index contributed by atoms with van der Waals surface area (Å²) in [4.78, 5) is 12.2. The van der Waals surface area contributed by atoms with Crippen LogP contribution in [0.3, 0.4) is 0 Å². The zero-order chi connectivity index (χ0) is 11.6. The van der Waals surface area contributed by atoms with Gasteiger partial charge in [-0.15, -0.1) is 0 Å². The molecule has 1 aromatic rings. The third-order valence-electron chi connectivity index (χ3n) is 3.44. The van der Waals surface area contributed by atoms with Gasteiger partial charge in [0.25, 0.3) is 0 Å².